The normalized spacial score (nSPS) is 9.08. The summed E-state index contributed by atoms with van der Waals surface area (Å²) in [7, 11) is -21.6. The summed E-state index contributed by atoms with van der Waals surface area (Å²) in [6.07, 6.45) is 0. The van der Waals surface area contributed by atoms with Crippen LogP contribution in [0.15, 0.2) is 0 Å². The van der Waals surface area contributed by atoms with Gasteiger partial charge in [0.1, 0.15) is 0 Å². The van der Waals surface area contributed by atoms with Crippen LogP contribution in [0.25, 0.3) is 0 Å². The van der Waals surface area contributed by atoms with Crippen molar-refractivity contribution in [2.45, 2.75) is 0 Å². The summed E-state index contributed by atoms with van der Waals surface area (Å²) in [4.78, 5) is 103. The fourth-order valence-corrected chi connectivity index (χ4v) is 0. The molecule has 6 N–H and O–H groups in total. The Hall–Kier alpha value is 2.46. The Balaban J connectivity index is -0.0000000152. The molecule has 0 aromatic heterocycles. The summed E-state index contributed by atoms with van der Waals surface area (Å²) in [5.74, 6) is 0. The summed E-state index contributed by atoms with van der Waals surface area (Å²) in [5.41, 5.74) is 0. The second kappa shape index (κ2) is 27.5. The smallest absolute Gasteiger partial charge is 0.822 e. The first-order valence-electron chi connectivity index (χ1n) is 2.92. The third kappa shape index (κ3) is 2830. The third-order valence-electron chi connectivity index (χ3n) is 0. The predicted molar refractivity (Wildman–Crippen MR) is 41.3 cm³/mol. The van der Waals surface area contributed by atoms with Crippen LogP contribution in [-0.4, -0.2) is 16.4 Å². The Kier molecular flexibility index (Phi) is 66.5. The molecule has 0 bridgehead atoms. The molecule has 19 nitrogen and oxygen atoms in total. The van der Waals surface area contributed by atoms with Crippen LogP contribution >= 0.6 is 31.3 Å². The molecule has 26 heteroatoms. The molecule has 0 spiro atoms. The van der Waals surface area contributed by atoms with Gasteiger partial charge in [0.25, 0.3) is 0 Å². The molecule has 0 unspecified atom stereocenters. The van der Waals surface area contributed by atoms with Gasteiger partial charge in [-0.1, -0.05) is 0 Å². The van der Waals surface area contributed by atoms with Gasteiger partial charge in [0.05, 0.1) is 0 Å². The maximum Gasteiger partial charge on any atom is 4.00 e. The first-order valence-corrected chi connectivity index (χ1v) is 8.76. The molecule has 0 atom stereocenters. The van der Waals surface area contributed by atoms with Crippen molar-refractivity contribution < 1.29 is 159 Å². The Labute approximate surface area is 189 Å². The quantitative estimate of drug-likeness (QED) is 0.190. The van der Waals surface area contributed by atoms with Crippen LogP contribution < -0.4 is 58.7 Å². The molecule has 0 aliphatic rings. The van der Waals surface area contributed by atoms with Crippen molar-refractivity contribution >= 4 is 31.3 Å². The Bertz CT molecular complexity index is 293. The largest absolute Gasteiger partial charge is 4.00 e. The maximum atomic E-state index is 8.55. The van der Waals surface area contributed by atoms with Crippen LogP contribution in [0.1, 0.15) is 0 Å². The van der Waals surface area contributed by atoms with Gasteiger partial charge in [0, 0.05) is 0 Å². The average Bonchev–Trinajstić information content (AvgIpc) is 1.62. The second-order valence-electron chi connectivity index (χ2n) is 1.79. The van der Waals surface area contributed by atoms with Crippen LogP contribution in [-0.2, 0) is 83.4 Å². The first kappa shape index (κ1) is 63.0. The SMILES string of the molecule is O.O.O.O=P([O-])([O-])[O-].O=P([O-])([O-])[O-].O=P([O-])([O-])[O-].O=P([O-])([O-])[O-].[Ti+4].[Ti+4].[Ti+4]. The molecule has 0 aromatic carbocycles. The van der Waals surface area contributed by atoms with E-state index in [0.29, 0.717) is 0 Å². The maximum absolute atomic E-state index is 8.55. The van der Waals surface area contributed by atoms with Crippen LogP contribution in [0.4, 0.5) is 0 Å². The summed E-state index contributed by atoms with van der Waals surface area (Å²) in [5, 5.41) is 0. The summed E-state index contributed by atoms with van der Waals surface area (Å²) in [6.45, 7) is 0. The Morgan fingerprint density at radius 2 is 0.308 bits per heavy atom. The molecule has 0 radical (unpaired) electrons. The van der Waals surface area contributed by atoms with E-state index < -0.39 is 31.3 Å². The van der Waals surface area contributed by atoms with E-state index in [0.717, 1.165) is 0 Å². The van der Waals surface area contributed by atoms with Gasteiger partial charge >= 0.3 is 65.2 Å². The van der Waals surface area contributed by atoms with Gasteiger partial charge in [0.2, 0.25) is 0 Å². The van der Waals surface area contributed by atoms with Gasteiger partial charge in [0.15, 0.2) is 0 Å². The van der Waals surface area contributed by atoms with Gasteiger partial charge in [-0.2, -0.15) is 31.3 Å². The molecule has 26 heavy (non-hydrogen) atoms. The van der Waals surface area contributed by atoms with E-state index in [1.807, 2.05) is 0 Å². The van der Waals surface area contributed by atoms with Gasteiger partial charge < -0.3 is 93.4 Å². The molecule has 0 fully saturated rings. The van der Waals surface area contributed by atoms with Crippen molar-refractivity contribution in [3.63, 3.8) is 0 Å². The Morgan fingerprint density at radius 1 is 0.308 bits per heavy atom. The molecule has 0 aliphatic carbocycles. The van der Waals surface area contributed by atoms with E-state index in [2.05, 4.69) is 0 Å². The van der Waals surface area contributed by atoms with Crippen molar-refractivity contribution in [1.82, 2.24) is 0 Å². The molecular weight excluding hydrogens is 571 g/mol. The van der Waals surface area contributed by atoms with Crippen molar-refractivity contribution in [1.29, 1.82) is 0 Å². The fourth-order valence-electron chi connectivity index (χ4n) is 0. The van der Waals surface area contributed by atoms with Crippen molar-refractivity contribution in [2.75, 3.05) is 0 Å². The van der Waals surface area contributed by atoms with E-state index in [1.54, 1.807) is 0 Å². The van der Waals surface area contributed by atoms with Crippen LogP contribution in [0.2, 0.25) is 0 Å². The average molecular weight is 578 g/mol. The molecule has 0 saturated carbocycles. The minimum Gasteiger partial charge on any atom is -0.822 e. The summed E-state index contributed by atoms with van der Waals surface area (Å²) >= 11 is 0. The van der Waals surface area contributed by atoms with Crippen molar-refractivity contribution in [3.05, 3.63) is 0 Å². The molecular formula is H6O19P4Ti3. The zero-order valence-corrected chi connectivity index (χ0v) is 19.6. The van der Waals surface area contributed by atoms with Crippen LogP contribution in [0, 0.1) is 0 Å². The van der Waals surface area contributed by atoms with Crippen molar-refractivity contribution in [2.24, 2.45) is 0 Å². The molecule has 0 heterocycles. The summed E-state index contributed by atoms with van der Waals surface area (Å²) in [6, 6.07) is 0. The fraction of sp³-hybridized carbons (Fsp3) is 0. The standard InChI is InChI=1S/4H3O4P.3H2O.3Ti/c4*1-5(2,3)4;;;;;;/h4*(H3,1,2,3,4);3*1H2;;;/q;;;;;;;3*+4/p-12. The third-order valence-corrected chi connectivity index (χ3v) is 0. The number of rotatable bonds is 0. The molecule has 0 saturated heterocycles. The molecule has 0 aromatic rings. The predicted octanol–water partition coefficient (Wildman–Crippen LogP) is -13.8. The van der Waals surface area contributed by atoms with Crippen LogP contribution in [0.3, 0.4) is 0 Å². The molecule has 0 amide bonds. The topological polar surface area (TPSA) is 440 Å². The Morgan fingerprint density at radius 3 is 0.308 bits per heavy atom. The van der Waals surface area contributed by atoms with E-state index >= 15 is 0 Å². The molecule has 0 aliphatic heterocycles. The second-order valence-corrected chi connectivity index (χ2v) is 5.37. The van der Waals surface area contributed by atoms with Crippen LogP contribution in [0.5, 0.6) is 0 Å². The molecule has 0 rings (SSSR count). The molecule has 152 valence electrons. The van der Waals surface area contributed by atoms with Gasteiger partial charge in [-0.25, -0.2) is 0 Å². The summed E-state index contributed by atoms with van der Waals surface area (Å²) < 4.78 is 34.2. The van der Waals surface area contributed by atoms with Gasteiger partial charge in [-0.3, -0.25) is 0 Å². The zero-order chi connectivity index (χ0) is 18.0. The minimum atomic E-state index is -5.39. The number of phosphoric acid groups is 4. The van der Waals surface area contributed by atoms with Crippen molar-refractivity contribution in [3.8, 4) is 0 Å². The van der Waals surface area contributed by atoms with E-state index in [4.69, 9.17) is 77.0 Å². The monoisotopic (exact) mass is 578 g/mol. The van der Waals surface area contributed by atoms with Gasteiger partial charge in [-0.15, -0.1) is 0 Å². The van der Waals surface area contributed by atoms with Gasteiger partial charge in [-0.05, 0) is 0 Å². The minimum absolute atomic E-state index is 0. The van der Waals surface area contributed by atoms with E-state index in [1.165, 1.54) is 0 Å². The van der Waals surface area contributed by atoms with E-state index in [9.17, 15) is 0 Å². The first-order chi connectivity index (χ1) is 8.00. The number of hydrogen-bond donors (Lipinski definition) is 0. The van der Waals surface area contributed by atoms with E-state index in [-0.39, 0.29) is 81.6 Å². The zero-order valence-electron chi connectivity index (χ0n) is 11.3. The number of hydrogen-bond acceptors (Lipinski definition) is 16.